The summed E-state index contributed by atoms with van der Waals surface area (Å²) in [5, 5.41) is 12.9. The van der Waals surface area contributed by atoms with Gasteiger partial charge < -0.3 is 9.63 Å². The molecule has 4 heteroatoms. The van der Waals surface area contributed by atoms with Crippen LogP contribution in [0.5, 0.6) is 0 Å². The van der Waals surface area contributed by atoms with E-state index in [9.17, 15) is 0 Å². The molecule has 1 aromatic heterocycles. The Morgan fingerprint density at radius 1 is 1.36 bits per heavy atom. The predicted molar refractivity (Wildman–Crippen MR) is 52.8 cm³/mol. The first-order valence-corrected chi connectivity index (χ1v) is 5.07. The van der Waals surface area contributed by atoms with Crippen LogP contribution in [-0.4, -0.2) is 21.4 Å². The monoisotopic (exact) mass is 198 g/mol. The molecule has 1 N–H and O–H groups in total. The van der Waals surface area contributed by atoms with Crippen LogP contribution in [0.4, 0.5) is 0 Å². The highest BCUT2D eigenvalue weighted by molar-refractivity contribution is 4.87. The van der Waals surface area contributed by atoms with Crippen molar-refractivity contribution in [3.05, 3.63) is 11.7 Å². The van der Waals surface area contributed by atoms with Crippen LogP contribution < -0.4 is 0 Å². The molecule has 1 rings (SSSR count). The minimum absolute atomic E-state index is 0.310. The van der Waals surface area contributed by atoms with Crippen molar-refractivity contribution in [1.29, 1.82) is 0 Å². The second-order valence-electron chi connectivity index (χ2n) is 4.09. The molecule has 0 amide bonds. The molecule has 0 fully saturated rings. The van der Waals surface area contributed by atoms with Gasteiger partial charge >= 0.3 is 0 Å². The molecule has 14 heavy (non-hydrogen) atoms. The van der Waals surface area contributed by atoms with Gasteiger partial charge in [-0.15, -0.1) is 0 Å². The van der Waals surface area contributed by atoms with Crippen molar-refractivity contribution in [1.82, 2.24) is 10.1 Å². The van der Waals surface area contributed by atoms with E-state index in [1.807, 2.05) is 0 Å². The fourth-order valence-electron chi connectivity index (χ4n) is 1.17. The van der Waals surface area contributed by atoms with Crippen LogP contribution in [0.1, 0.15) is 38.9 Å². The smallest absolute Gasteiger partial charge is 0.226 e. The Labute approximate surface area is 84.3 Å². The normalized spacial score (nSPS) is 13.5. The Hall–Kier alpha value is -0.900. The molecule has 80 valence electrons. The first-order chi connectivity index (χ1) is 6.58. The molecular formula is C10H18N2O2. The Morgan fingerprint density at radius 3 is 2.64 bits per heavy atom. The van der Waals surface area contributed by atoms with Crippen LogP contribution in [0.2, 0.25) is 0 Å². The third-order valence-electron chi connectivity index (χ3n) is 1.88. The predicted octanol–water partition coefficient (Wildman–Crippen LogP) is 1.58. The van der Waals surface area contributed by atoms with Crippen LogP contribution >= 0.6 is 0 Å². The van der Waals surface area contributed by atoms with Crippen LogP contribution in [-0.2, 0) is 12.8 Å². The SMILES string of the molecule is CC(C)Cc1noc(CCC(C)O)n1. The minimum Gasteiger partial charge on any atom is -0.393 e. The zero-order valence-corrected chi connectivity index (χ0v) is 9.03. The lowest BCUT2D eigenvalue weighted by atomic mass is 10.1. The summed E-state index contributed by atoms with van der Waals surface area (Å²) < 4.78 is 5.04. The summed E-state index contributed by atoms with van der Waals surface area (Å²) in [5.41, 5.74) is 0. The molecule has 0 saturated carbocycles. The lowest BCUT2D eigenvalue weighted by Gasteiger charge is -1.98. The molecule has 0 aromatic carbocycles. The van der Waals surface area contributed by atoms with Gasteiger partial charge in [0, 0.05) is 12.8 Å². The molecule has 1 heterocycles. The summed E-state index contributed by atoms with van der Waals surface area (Å²) in [4.78, 5) is 4.23. The molecule has 0 aliphatic rings. The lowest BCUT2D eigenvalue weighted by Crippen LogP contribution is -2.02. The van der Waals surface area contributed by atoms with Crippen molar-refractivity contribution in [3.8, 4) is 0 Å². The van der Waals surface area contributed by atoms with E-state index in [1.54, 1.807) is 6.92 Å². The van der Waals surface area contributed by atoms with Crippen molar-refractivity contribution in [3.63, 3.8) is 0 Å². The number of hydrogen-bond donors (Lipinski definition) is 1. The van der Waals surface area contributed by atoms with Gasteiger partial charge in [-0.05, 0) is 19.3 Å². The summed E-state index contributed by atoms with van der Waals surface area (Å²) in [5.74, 6) is 1.93. The number of rotatable bonds is 5. The van der Waals surface area contributed by atoms with Gasteiger partial charge in [-0.1, -0.05) is 19.0 Å². The van der Waals surface area contributed by atoms with Gasteiger partial charge in [0.15, 0.2) is 5.82 Å². The van der Waals surface area contributed by atoms with E-state index < -0.39 is 0 Å². The van der Waals surface area contributed by atoms with E-state index >= 15 is 0 Å². The summed E-state index contributed by atoms with van der Waals surface area (Å²) in [6, 6.07) is 0. The maximum absolute atomic E-state index is 9.08. The zero-order valence-electron chi connectivity index (χ0n) is 9.03. The largest absolute Gasteiger partial charge is 0.393 e. The van der Waals surface area contributed by atoms with Crippen LogP contribution in [0.3, 0.4) is 0 Å². The van der Waals surface area contributed by atoms with E-state index in [0.717, 1.165) is 12.2 Å². The van der Waals surface area contributed by atoms with Crippen LogP contribution in [0, 0.1) is 5.92 Å². The van der Waals surface area contributed by atoms with Gasteiger partial charge in [-0.3, -0.25) is 0 Å². The van der Waals surface area contributed by atoms with Crippen molar-refractivity contribution in [2.45, 2.75) is 46.1 Å². The number of aliphatic hydroxyl groups is 1. The Morgan fingerprint density at radius 2 is 2.07 bits per heavy atom. The molecule has 0 aliphatic carbocycles. The maximum atomic E-state index is 9.08. The molecule has 0 radical (unpaired) electrons. The second-order valence-corrected chi connectivity index (χ2v) is 4.09. The van der Waals surface area contributed by atoms with Crippen molar-refractivity contribution in [2.75, 3.05) is 0 Å². The molecular weight excluding hydrogens is 180 g/mol. The number of nitrogens with zero attached hydrogens (tertiary/aromatic N) is 2. The Balaban J connectivity index is 2.42. The van der Waals surface area contributed by atoms with Gasteiger partial charge in [0.1, 0.15) is 0 Å². The molecule has 0 bridgehead atoms. The van der Waals surface area contributed by atoms with Gasteiger partial charge in [0.2, 0.25) is 5.89 Å². The Kier molecular flexibility index (Phi) is 4.07. The van der Waals surface area contributed by atoms with Gasteiger partial charge in [0.05, 0.1) is 6.10 Å². The molecule has 1 unspecified atom stereocenters. The summed E-state index contributed by atoms with van der Waals surface area (Å²) in [6.45, 7) is 5.99. The van der Waals surface area contributed by atoms with Crippen molar-refractivity contribution >= 4 is 0 Å². The molecule has 4 nitrogen and oxygen atoms in total. The maximum Gasteiger partial charge on any atom is 0.226 e. The molecule has 1 atom stereocenters. The lowest BCUT2D eigenvalue weighted by molar-refractivity contribution is 0.180. The zero-order chi connectivity index (χ0) is 10.6. The standard InChI is InChI=1S/C10H18N2O2/c1-7(2)6-9-11-10(14-12-9)5-4-8(3)13/h7-8,13H,4-6H2,1-3H3. The third kappa shape index (κ3) is 3.87. The van der Waals surface area contributed by atoms with Crippen molar-refractivity contribution in [2.24, 2.45) is 5.92 Å². The summed E-state index contributed by atoms with van der Waals surface area (Å²) in [7, 11) is 0. The van der Waals surface area contributed by atoms with Crippen LogP contribution in [0.25, 0.3) is 0 Å². The second kappa shape index (κ2) is 5.10. The fourth-order valence-corrected chi connectivity index (χ4v) is 1.17. The minimum atomic E-state index is -0.310. The average Bonchev–Trinajstić information content (AvgIpc) is 2.47. The van der Waals surface area contributed by atoms with E-state index in [1.165, 1.54) is 0 Å². The molecule has 0 aliphatic heterocycles. The van der Waals surface area contributed by atoms with Crippen LogP contribution in [0.15, 0.2) is 4.52 Å². The van der Waals surface area contributed by atoms with Gasteiger partial charge in [-0.25, -0.2) is 0 Å². The van der Waals surface area contributed by atoms with E-state index in [2.05, 4.69) is 24.0 Å². The van der Waals surface area contributed by atoms with E-state index in [-0.39, 0.29) is 6.10 Å². The quantitative estimate of drug-likeness (QED) is 0.780. The van der Waals surface area contributed by atoms with E-state index in [4.69, 9.17) is 9.63 Å². The van der Waals surface area contributed by atoms with E-state index in [0.29, 0.717) is 24.7 Å². The first-order valence-electron chi connectivity index (χ1n) is 5.07. The third-order valence-corrected chi connectivity index (χ3v) is 1.88. The number of aromatic nitrogens is 2. The fraction of sp³-hybridized carbons (Fsp3) is 0.800. The topological polar surface area (TPSA) is 59.2 Å². The van der Waals surface area contributed by atoms with Gasteiger partial charge in [0.25, 0.3) is 0 Å². The number of aryl methyl sites for hydroxylation is 1. The number of aliphatic hydroxyl groups excluding tert-OH is 1. The summed E-state index contributed by atoms with van der Waals surface area (Å²) in [6.07, 6.45) is 1.86. The number of hydrogen-bond acceptors (Lipinski definition) is 4. The highest BCUT2D eigenvalue weighted by Crippen LogP contribution is 2.07. The van der Waals surface area contributed by atoms with Gasteiger partial charge in [-0.2, -0.15) is 4.98 Å². The molecule has 0 spiro atoms. The molecule has 1 aromatic rings. The first kappa shape index (κ1) is 11.2. The highest BCUT2D eigenvalue weighted by Gasteiger charge is 2.08. The highest BCUT2D eigenvalue weighted by atomic mass is 16.5. The Bertz CT molecular complexity index is 269. The molecule has 0 saturated heterocycles. The average molecular weight is 198 g/mol. The van der Waals surface area contributed by atoms with Crippen molar-refractivity contribution < 1.29 is 9.63 Å². The summed E-state index contributed by atoms with van der Waals surface area (Å²) >= 11 is 0.